The Morgan fingerprint density at radius 2 is 2.00 bits per heavy atom. The highest BCUT2D eigenvalue weighted by molar-refractivity contribution is 6.31. The largest absolute Gasteiger partial charge is 0.453 e. The van der Waals surface area contributed by atoms with E-state index in [4.69, 9.17) is 20.8 Å². The zero-order valence-corrected chi connectivity index (χ0v) is 13.6. The van der Waals surface area contributed by atoms with Gasteiger partial charge in [-0.3, -0.25) is 9.78 Å². The van der Waals surface area contributed by atoms with Gasteiger partial charge in [0.15, 0.2) is 5.76 Å². The van der Waals surface area contributed by atoms with Crippen molar-refractivity contribution >= 4 is 34.0 Å². The van der Waals surface area contributed by atoms with Crippen LogP contribution >= 0.6 is 11.6 Å². The molecule has 3 aromatic rings. The highest BCUT2D eigenvalue weighted by Crippen LogP contribution is 2.28. The molecule has 4 rings (SSSR count). The van der Waals surface area contributed by atoms with Crippen LogP contribution in [0.4, 0.5) is 5.69 Å². The van der Waals surface area contributed by atoms with Crippen molar-refractivity contribution in [3.8, 4) is 0 Å². The average molecular weight is 343 g/mol. The molecule has 1 aromatic carbocycles. The summed E-state index contributed by atoms with van der Waals surface area (Å²) in [6.45, 7) is 2.80. The third kappa shape index (κ3) is 2.77. The summed E-state index contributed by atoms with van der Waals surface area (Å²) in [5, 5.41) is 1.42. The number of hydrogen-bond acceptors (Lipinski definition) is 5. The molecule has 0 radical (unpaired) electrons. The molecule has 1 fully saturated rings. The van der Waals surface area contributed by atoms with Crippen molar-refractivity contribution < 1.29 is 13.9 Å². The van der Waals surface area contributed by atoms with E-state index in [1.165, 1.54) is 0 Å². The number of ketones is 1. The van der Waals surface area contributed by atoms with Crippen LogP contribution in [0.2, 0.25) is 5.02 Å². The van der Waals surface area contributed by atoms with Gasteiger partial charge in [-0.1, -0.05) is 11.6 Å². The normalized spacial score (nSPS) is 15.0. The number of nitrogens with zero attached hydrogens (tertiary/aromatic N) is 2. The van der Waals surface area contributed by atoms with Gasteiger partial charge in [0.25, 0.3) is 0 Å². The first kappa shape index (κ1) is 15.2. The SMILES string of the molecule is O=C(c1cc2cc(Cl)ccc2o1)c1cnccc1N1CCOCC1. The molecule has 0 N–H and O–H groups in total. The third-order valence-electron chi connectivity index (χ3n) is 4.10. The first-order chi connectivity index (χ1) is 11.7. The van der Waals surface area contributed by atoms with Crippen LogP contribution in [0.1, 0.15) is 16.1 Å². The number of carbonyl (C=O) groups excluding carboxylic acids is 1. The van der Waals surface area contributed by atoms with E-state index in [1.54, 1.807) is 36.7 Å². The number of hydrogen-bond donors (Lipinski definition) is 0. The summed E-state index contributed by atoms with van der Waals surface area (Å²) in [6.07, 6.45) is 3.29. The number of ether oxygens (including phenoxy) is 1. The molecule has 3 heterocycles. The van der Waals surface area contributed by atoms with Gasteiger partial charge < -0.3 is 14.1 Å². The number of halogens is 1. The van der Waals surface area contributed by atoms with Crippen LogP contribution in [-0.2, 0) is 4.74 Å². The summed E-state index contributed by atoms with van der Waals surface area (Å²) in [4.78, 5) is 19.2. The van der Waals surface area contributed by atoms with Gasteiger partial charge >= 0.3 is 0 Å². The molecule has 5 nitrogen and oxygen atoms in total. The van der Waals surface area contributed by atoms with Crippen molar-refractivity contribution in [1.29, 1.82) is 0 Å². The first-order valence-electron chi connectivity index (χ1n) is 7.73. The Hall–Kier alpha value is -2.37. The van der Waals surface area contributed by atoms with Crippen LogP contribution in [0.5, 0.6) is 0 Å². The van der Waals surface area contributed by atoms with E-state index >= 15 is 0 Å². The van der Waals surface area contributed by atoms with Gasteiger partial charge in [0.05, 0.1) is 24.5 Å². The Morgan fingerprint density at radius 3 is 2.83 bits per heavy atom. The predicted octanol–water partition coefficient (Wildman–Crippen LogP) is 3.55. The number of benzene rings is 1. The number of carbonyl (C=O) groups is 1. The lowest BCUT2D eigenvalue weighted by molar-refractivity contribution is 0.101. The Balaban J connectivity index is 1.73. The molecule has 0 spiro atoms. The minimum absolute atomic E-state index is 0.183. The maximum atomic E-state index is 12.9. The zero-order valence-electron chi connectivity index (χ0n) is 12.9. The van der Waals surface area contributed by atoms with Crippen LogP contribution in [0.3, 0.4) is 0 Å². The fraction of sp³-hybridized carbons (Fsp3) is 0.222. The summed E-state index contributed by atoms with van der Waals surface area (Å²) >= 11 is 6.00. The van der Waals surface area contributed by atoms with E-state index < -0.39 is 0 Å². The smallest absolute Gasteiger partial charge is 0.231 e. The Morgan fingerprint density at radius 1 is 1.17 bits per heavy atom. The van der Waals surface area contributed by atoms with Gasteiger partial charge in [-0.15, -0.1) is 0 Å². The molecule has 0 aliphatic carbocycles. The number of fused-ring (bicyclic) bond motifs is 1. The van der Waals surface area contributed by atoms with Crippen LogP contribution in [0, 0.1) is 0 Å². The van der Waals surface area contributed by atoms with Crippen LogP contribution in [0.15, 0.2) is 47.1 Å². The monoisotopic (exact) mass is 342 g/mol. The topological polar surface area (TPSA) is 55.6 Å². The number of aromatic nitrogens is 1. The molecule has 6 heteroatoms. The van der Waals surface area contributed by atoms with Gasteiger partial charge in [0.2, 0.25) is 5.78 Å². The molecule has 24 heavy (non-hydrogen) atoms. The highest BCUT2D eigenvalue weighted by Gasteiger charge is 2.22. The van der Waals surface area contributed by atoms with Crippen molar-refractivity contribution in [1.82, 2.24) is 4.98 Å². The lowest BCUT2D eigenvalue weighted by Gasteiger charge is -2.29. The minimum atomic E-state index is -0.183. The molecule has 0 atom stereocenters. The van der Waals surface area contributed by atoms with Gasteiger partial charge in [0, 0.05) is 35.9 Å². The molecule has 1 saturated heterocycles. The lowest BCUT2D eigenvalue weighted by Crippen LogP contribution is -2.37. The van der Waals surface area contributed by atoms with E-state index in [1.807, 2.05) is 6.07 Å². The fourth-order valence-corrected chi connectivity index (χ4v) is 3.08. The second-order valence-electron chi connectivity index (χ2n) is 5.61. The van der Waals surface area contributed by atoms with Gasteiger partial charge in [-0.2, -0.15) is 0 Å². The van der Waals surface area contributed by atoms with Gasteiger partial charge in [0.1, 0.15) is 5.58 Å². The van der Waals surface area contributed by atoms with E-state index in [0.717, 1.165) is 24.2 Å². The molecule has 0 unspecified atom stereocenters. The summed E-state index contributed by atoms with van der Waals surface area (Å²) in [5.41, 5.74) is 2.03. The van der Waals surface area contributed by atoms with Crippen molar-refractivity contribution in [2.45, 2.75) is 0 Å². The lowest BCUT2D eigenvalue weighted by atomic mass is 10.1. The maximum absolute atomic E-state index is 12.9. The Kier molecular flexibility index (Phi) is 3.96. The minimum Gasteiger partial charge on any atom is -0.453 e. The molecular weight excluding hydrogens is 328 g/mol. The van der Waals surface area contributed by atoms with E-state index in [0.29, 0.717) is 29.4 Å². The third-order valence-corrected chi connectivity index (χ3v) is 4.33. The second-order valence-corrected chi connectivity index (χ2v) is 6.05. The molecule has 0 amide bonds. The predicted molar refractivity (Wildman–Crippen MR) is 91.9 cm³/mol. The second kappa shape index (κ2) is 6.26. The van der Waals surface area contributed by atoms with E-state index in [-0.39, 0.29) is 11.5 Å². The fourth-order valence-electron chi connectivity index (χ4n) is 2.90. The van der Waals surface area contributed by atoms with Gasteiger partial charge in [-0.25, -0.2) is 0 Å². The molecule has 1 aliphatic rings. The number of morpholine rings is 1. The van der Waals surface area contributed by atoms with E-state index in [2.05, 4.69) is 9.88 Å². The van der Waals surface area contributed by atoms with Crippen molar-refractivity contribution in [3.05, 3.63) is 59.1 Å². The van der Waals surface area contributed by atoms with Gasteiger partial charge in [-0.05, 0) is 30.3 Å². The first-order valence-corrected chi connectivity index (χ1v) is 8.11. The number of furan rings is 1. The number of pyridine rings is 1. The standard InChI is InChI=1S/C18H15ClN2O3/c19-13-1-2-16-12(9-13)10-17(24-16)18(22)14-11-20-4-3-15(14)21-5-7-23-8-6-21/h1-4,9-11H,5-8H2. The maximum Gasteiger partial charge on any atom is 0.231 e. The summed E-state index contributed by atoms with van der Waals surface area (Å²) in [5.74, 6) is 0.103. The van der Waals surface area contributed by atoms with Crippen molar-refractivity contribution in [2.24, 2.45) is 0 Å². The zero-order chi connectivity index (χ0) is 16.5. The van der Waals surface area contributed by atoms with Crippen molar-refractivity contribution in [2.75, 3.05) is 31.2 Å². The molecule has 122 valence electrons. The summed E-state index contributed by atoms with van der Waals surface area (Å²) < 4.78 is 11.1. The molecule has 0 bridgehead atoms. The molecule has 0 saturated carbocycles. The molecular formula is C18H15ClN2O3. The summed E-state index contributed by atoms with van der Waals surface area (Å²) in [7, 11) is 0. The Labute approximate surface area is 143 Å². The molecule has 2 aromatic heterocycles. The van der Waals surface area contributed by atoms with E-state index in [9.17, 15) is 4.79 Å². The average Bonchev–Trinajstić information content (AvgIpc) is 3.05. The van der Waals surface area contributed by atoms with Crippen LogP contribution in [-0.4, -0.2) is 37.1 Å². The van der Waals surface area contributed by atoms with Crippen LogP contribution in [0.25, 0.3) is 11.0 Å². The quantitative estimate of drug-likeness (QED) is 0.681. The van der Waals surface area contributed by atoms with Crippen molar-refractivity contribution in [3.63, 3.8) is 0 Å². The summed E-state index contributed by atoms with van der Waals surface area (Å²) in [6, 6.07) is 8.87. The highest BCUT2D eigenvalue weighted by atomic mass is 35.5. The van der Waals surface area contributed by atoms with Crippen LogP contribution < -0.4 is 4.90 Å². The molecule has 1 aliphatic heterocycles. The number of anilines is 1. The Bertz CT molecular complexity index is 900. The number of rotatable bonds is 3.